The molecule has 2 rings (SSSR count). The maximum absolute atomic E-state index is 13.6. The minimum atomic E-state index is -0.735. The number of hydrogen-bond donors (Lipinski definition) is 0. The Bertz CT molecular complexity index is 615. The number of methoxy groups -OCH3 is 1. The predicted octanol–water partition coefficient (Wildman–Crippen LogP) is 3.64. The average Bonchev–Trinajstić information content (AvgIpc) is 2.82. The number of aromatic nitrogens is 1. The van der Waals surface area contributed by atoms with Gasteiger partial charge in [-0.15, -0.1) is 11.3 Å². The first-order valence-corrected chi connectivity index (χ1v) is 6.39. The number of hydrogen-bond acceptors (Lipinski definition) is 4. The molecule has 0 atom stereocenters. The zero-order valence-corrected chi connectivity index (χ0v) is 11.4. The van der Waals surface area contributed by atoms with E-state index >= 15 is 0 Å². The lowest BCUT2D eigenvalue weighted by Crippen LogP contribution is -2.01. The van der Waals surface area contributed by atoms with Crippen molar-refractivity contribution < 1.29 is 18.3 Å². The minimum Gasteiger partial charge on any atom is -0.464 e. The topological polar surface area (TPSA) is 39.2 Å². The molecule has 0 bridgehead atoms. The Morgan fingerprint density at radius 2 is 2.11 bits per heavy atom. The van der Waals surface area contributed by atoms with Crippen LogP contribution in [0.4, 0.5) is 8.78 Å². The van der Waals surface area contributed by atoms with Crippen molar-refractivity contribution in [3.63, 3.8) is 0 Å². The Kier molecular flexibility index (Phi) is 3.72. The summed E-state index contributed by atoms with van der Waals surface area (Å²) in [5.41, 5.74) is 0.223. The zero-order chi connectivity index (χ0) is 13.3. The SMILES string of the molecule is COC(=O)c1csc(-c2cc(Br)c(F)cc2F)n1. The number of esters is 1. The van der Waals surface area contributed by atoms with Gasteiger partial charge in [0.05, 0.1) is 11.6 Å². The summed E-state index contributed by atoms with van der Waals surface area (Å²) < 4.78 is 31.3. The van der Waals surface area contributed by atoms with Gasteiger partial charge >= 0.3 is 5.97 Å². The van der Waals surface area contributed by atoms with Crippen LogP contribution in [-0.2, 0) is 4.74 Å². The lowest BCUT2D eigenvalue weighted by molar-refractivity contribution is 0.0595. The first-order valence-electron chi connectivity index (χ1n) is 4.71. The molecular weight excluding hydrogens is 328 g/mol. The third kappa shape index (κ3) is 2.41. The van der Waals surface area contributed by atoms with Gasteiger partial charge in [0.2, 0.25) is 0 Å². The third-order valence-corrected chi connectivity index (χ3v) is 3.62. The van der Waals surface area contributed by atoms with Crippen LogP contribution in [-0.4, -0.2) is 18.1 Å². The second-order valence-corrected chi connectivity index (χ2v) is 4.99. The Balaban J connectivity index is 2.46. The van der Waals surface area contributed by atoms with Gasteiger partial charge in [-0.1, -0.05) is 0 Å². The average molecular weight is 334 g/mol. The molecule has 0 amide bonds. The number of carbonyl (C=O) groups excluding carboxylic acids is 1. The molecule has 0 spiro atoms. The second-order valence-electron chi connectivity index (χ2n) is 3.28. The van der Waals surface area contributed by atoms with Gasteiger partial charge in [-0.05, 0) is 22.0 Å². The van der Waals surface area contributed by atoms with Crippen molar-refractivity contribution >= 4 is 33.2 Å². The van der Waals surface area contributed by atoms with Gasteiger partial charge in [0.25, 0.3) is 0 Å². The van der Waals surface area contributed by atoms with Gasteiger partial charge in [-0.3, -0.25) is 0 Å². The molecule has 0 radical (unpaired) electrons. The molecule has 0 N–H and O–H groups in total. The summed E-state index contributed by atoms with van der Waals surface area (Å²) in [4.78, 5) is 15.2. The van der Waals surface area contributed by atoms with Gasteiger partial charge in [0.1, 0.15) is 16.6 Å². The lowest BCUT2D eigenvalue weighted by atomic mass is 10.2. The molecule has 0 saturated heterocycles. The van der Waals surface area contributed by atoms with E-state index in [1.807, 2.05) is 0 Å². The second kappa shape index (κ2) is 5.11. The molecule has 0 fully saturated rings. The molecule has 0 aliphatic rings. The van der Waals surface area contributed by atoms with Crippen molar-refractivity contribution in [2.45, 2.75) is 0 Å². The summed E-state index contributed by atoms with van der Waals surface area (Å²) >= 11 is 4.05. The number of thiazole rings is 1. The van der Waals surface area contributed by atoms with Crippen LogP contribution in [0.15, 0.2) is 22.0 Å². The molecular formula is C11H6BrF2NO2S. The molecule has 1 heterocycles. The number of carbonyl (C=O) groups is 1. The smallest absolute Gasteiger partial charge is 0.357 e. The van der Waals surface area contributed by atoms with Crippen LogP contribution >= 0.6 is 27.3 Å². The highest BCUT2D eigenvalue weighted by atomic mass is 79.9. The molecule has 0 unspecified atom stereocenters. The summed E-state index contributed by atoms with van der Waals surface area (Å²) in [6.07, 6.45) is 0. The van der Waals surface area contributed by atoms with E-state index in [0.717, 1.165) is 17.4 Å². The monoisotopic (exact) mass is 333 g/mol. The van der Waals surface area contributed by atoms with Gasteiger partial charge < -0.3 is 4.74 Å². The normalized spacial score (nSPS) is 10.4. The number of nitrogens with zero attached hydrogens (tertiary/aromatic N) is 1. The van der Waals surface area contributed by atoms with Crippen LogP contribution < -0.4 is 0 Å². The van der Waals surface area contributed by atoms with Gasteiger partial charge in [0, 0.05) is 17.0 Å². The highest BCUT2D eigenvalue weighted by Crippen LogP contribution is 2.30. The first kappa shape index (κ1) is 13.1. The summed E-state index contributed by atoms with van der Waals surface area (Å²) in [5, 5.41) is 1.74. The molecule has 94 valence electrons. The molecule has 2 aromatic rings. The van der Waals surface area contributed by atoms with Gasteiger partial charge in [-0.2, -0.15) is 0 Å². The van der Waals surface area contributed by atoms with Crippen molar-refractivity contribution in [3.05, 3.63) is 39.3 Å². The number of benzene rings is 1. The molecule has 1 aromatic carbocycles. The highest BCUT2D eigenvalue weighted by molar-refractivity contribution is 9.10. The molecule has 0 aliphatic carbocycles. The summed E-state index contributed by atoms with van der Waals surface area (Å²) in [7, 11) is 1.23. The van der Waals surface area contributed by atoms with E-state index in [9.17, 15) is 13.6 Å². The highest BCUT2D eigenvalue weighted by Gasteiger charge is 2.16. The van der Waals surface area contributed by atoms with E-state index in [1.54, 1.807) is 0 Å². The quantitative estimate of drug-likeness (QED) is 0.622. The molecule has 7 heteroatoms. The fourth-order valence-corrected chi connectivity index (χ4v) is 2.43. The number of ether oxygens (including phenoxy) is 1. The van der Waals surface area contributed by atoms with E-state index in [4.69, 9.17) is 0 Å². The molecule has 18 heavy (non-hydrogen) atoms. The van der Waals surface area contributed by atoms with E-state index < -0.39 is 17.6 Å². The van der Waals surface area contributed by atoms with Crippen LogP contribution in [0.2, 0.25) is 0 Å². The zero-order valence-electron chi connectivity index (χ0n) is 9.04. The Labute approximate surface area is 114 Å². The predicted molar refractivity (Wildman–Crippen MR) is 66.5 cm³/mol. The van der Waals surface area contributed by atoms with E-state index in [-0.39, 0.29) is 20.7 Å². The van der Waals surface area contributed by atoms with Crippen molar-refractivity contribution in [1.82, 2.24) is 4.98 Å². The molecule has 3 nitrogen and oxygen atoms in total. The number of rotatable bonds is 2. The van der Waals surface area contributed by atoms with E-state index in [2.05, 4.69) is 25.7 Å². The largest absolute Gasteiger partial charge is 0.464 e. The van der Waals surface area contributed by atoms with Gasteiger partial charge in [-0.25, -0.2) is 18.6 Å². The van der Waals surface area contributed by atoms with Gasteiger partial charge in [0.15, 0.2) is 5.69 Å². The van der Waals surface area contributed by atoms with Crippen molar-refractivity contribution in [3.8, 4) is 10.6 Å². The summed E-state index contributed by atoms with van der Waals surface area (Å²) in [6.45, 7) is 0. The van der Waals surface area contributed by atoms with E-state index in [1.165, 1.54) is 18.6 Å². The Morgan fingerprint density at radius 1 is 1.39 bits per heavy atom. The van der Waals surface area contributed by atoms with Crippen LogP contribution in [0, 0.1) is 11.6 Å². The van der Waals surface area contributed by atoms with Crippen molar-refractivity contribution in [2.24, 2.45) is 0 Å². The van der Waals surface area contributed by atoms with Crippen LogP contribution in [0.1, 0.15) is 10.5 Å². The maximum atomic E-state index is 13.6. The van der Waals surface area contributed by atoms with Crippen LogP contribution in [0.25, 0.3) is 10.6 Å². The first-order chi connectivity index (χ1) is 8.52. The molecule has 0 aliphatic heterocycles. The Hall–Kier alpha value is -1.34. The fraction of sp³-hybridized carbons (Fsp3) is 0.0909. The standard InChI is InChI=1S/C11H6BrF2NO2S/c1-17-11(16)9-4-18-10(15-9)5-2-6(12)8(14)3-7(5)13/h2-4H,1H3. The lowest BCUT2D eigenvalue weighted by Gasteiger charge is -2.01. The molecule has 1 aromatic heterocycles. The van der Waals surface area contributed by atoms with Crippen molar-refractivity contribution in [1.29, 1.82) is 0 Å². The third-order valence-electron chi connectivity index (χ3n) is 2.14. The summed E-state index contributed by atoms with van der Waals surface area (Å²) in [5.74, 6) is -2.03. The van der Waals surface area contributed by atoms with Crippen LogP contribution in [0.5, 0.6) is 0 Å². The number of halogens is 3. The molecule has 0 saturated carbocycles. The maximum Gasteiger partial charge on any atom is 0.357 e. The van der Waals surface area contributed by atoms with E-state index in [0.29, 0.717) is 0 Å². The Morgan fingerprint density at radius 3 is 2.78 bits per heavy atom. The van der Waals surface area contributed by atoms with Crippen LogP contribution in [0.3, 0.4) is 0 Å². The summed E-state index contributed by atoms with van der Waals surface area (Å²) in [6, 6.07) is 2.04. The fourth-order valence-electron chi connectivity index (χ4n) is 1.28. The minimum absolute atomic E-state index is 0.0948. The van der Waals surface area contributed by atoms with Crippen molar-refractivity contribution in [2.75, 3.05) is 7.11 Å².